The summed E-state index contributed by atoms with van der Waals surface area (Å²) in [5, 5.41) is 8.76. The Bertz CT molecular complexity index is 567. The van der Waals surface area contributed by atoms with E-state index in [-0.39, 0.29) is 11.2 Å². The minimum atomic E-state index is -0.350. The molecular weight excluding hydrogens is 260 g/mol. The molecule has 100 valence electrons. The molecular formula is C13H16N4OS. The molecule has 0 saturated heterocycles. The number of primary amides is 1. The average Bonchev–Trinajstić information content (AvgIpc) is 2.82. The van der Waals surface area contributed by atoms with Gasteiger partial charge in [0.05, 0.1) is 5.25 Å². The van der Waals surface area contributed by atoms with Gasteiger partial charge in [-0.3, -0.25) is 4.79 Å². The third-order valence-electron chi connectivity index (χ3n) is 2.75. The van der Waals surface area contributed by atoms with Crippen molar-refractivity contribution >= 4 is 17.7 Å². The molecule has 0 aliphatic rings. The predicted molar refractivity (Wildman–Crippen MR) is 75.6 cm³/mol. The normalized spacial score (nSPS) is 12.3. The number of nitrogens with zero attached hydrogens (tertiary/aromatic N) is 3. The molecule has 2 aromatic rings. The molecule has 0 aliphatic carbocycles. The molecule has 19 heavy (non-hydrogen) atoms. The summed E-state index contributed by atoms with van der Waals surface area (Å²) in [4.78, 5) is 11.1. The van der Waals surface area contributed by atoms with E-state index in [1.54, 1.807) is 6.92 Å². The second-order valence-corrected chi connectivity index (χ2v) is 5.39. The quantitative estimate of drug-likeness (QED) is 0.847. The fourth-order valence-electron chi connectivity index (χ4n) is 1.68. The van der Waals surface area contributed by atoms with E-state index in [0.717, 1.165) is 17.9 Å². The van der Waals surface area contributed by atoms with Crippen LogP contribution < -0.4 is 5.73 Å². The van der Waals surface area contributed by atoms with Gasteiger partial charge in [-0.1, -0.05) is 42.1 Å². The molecule has 2 rings (SSSR count). The number of hydrogen-bond acceptors (Lipinski definition) is 4. The van der Waals surface area contributed by atoms with Crippen LogP contribution in [0.15, 0.2) is 35.5 Å². The van der Waals surface area contributed by atoms with Gasteiger partial charge in [-0.05, 0) is 13.8 Å². The van der Waals surface area contributed by atoms with Crippen LogP contribution >= 0.6 is 11.8 Å². The number of thioether (sulfide) groups is 1. The van der Waals surface area contributed by atoms with Crippen LogP contribution in [0.2, 0.25) is 0 Å². The van der Waals surface area contributed by atoms with Crippen molar-refractivity contribution in [2.45, 2.75) is 30.8 Å². The van der Waals surface area contributed by atoms with E-state index in [1.165, 1.54) is 11.8 Å². The minimum Gasteiger partial charge on any atom is -0.369 e. The van der Waals surface area contributed by atoms with Gasteiger partial charge in [-0.2, -0.15) is 0 Å². The van der Waals surface area contributed by atoms with Crippen molar-refractivity contribution in [3.63, 3.8) is 0 Å². The highest BCUT2D eigenvalue weighted by molar-refractivity contribution is 8.00. The Morgan fingerprint density at radius 3 is 2.63 bits per heavy atom. The van der Waals surface area contributed by atoms with E-state index in [2.05, 4.69) is 10.2 Å². The highest BCUT2D eigenvalue weighted by Crippen LogP contribution is 2.26. The Hall–Kier alpha value is -1.82. The number of benzene rings is 1. The molecule has 6 heteroatoms. The maximum atomic E-state index is 11.1. The van der Waals surface area contributed by atoms with E-state index in [4.69, 9.17) is 5.73 Å². The van der Waals surface area contributed by atoms with Gasteiger partial charge in [0, 0.05) is 12.1 Å². The zero-order chi connectivity index (χ0) is 13.8. The van der Waals surface area contributed by atoms with E-state index in [1.807, 2.05) is 41.8 Å². The third kappa shape index (κ3) is 2.96. The van der Waals surface area contributed by atoms with Crippen LogP contribution in [-0.4, -0.2) is 25.9 Å². The van der Waals surface area contributed by atoms with Gasteiger partial charge in [-0.15, -0.1) is 10.2 Å². The van der Waals surface area contributed by atoms with Crippen LogP contribution in [0, 0.1) is 0 Å². The number of nitrogens with two attached hydrogens (primary N) is 1. The Morgan fingerprint density at radius 1 is 1.37 bits per heavy atom. The highest BCUT2D eigenvalue weighted by Gasteiger charge is 2.18. The molecule has 1 heterocycles. The Kier molecular flexibility index (Phi) is 4.21. The van der Waals surface area contributed by atoms with Gasteiger partial charge in [-0.25, -0.2) is 0 Å². The van der Waals surface area contributed by atoms with Gasteiger partial charge in [0.1, 0.15) is 0 Å². The zero-order valence-electron chi connectivity index (χ0n) is 10.9. The van der Waals surface area contributed by atoms with Crippen molar-refractivity contribution in [2.24, 2.45) is 5.73 Å². The molecule has 1 aromatic heterocycles. The molecule has 0 fully saturated rings. The molecule has 1 aromatic carbocycles. The molecule has 0 radical (unpaired) electrons. The SMILES string of the molecule is CCn1c(S[C@@H](C)C(N)=O)nnc1-c1ccccc1. The number of aromatic nitrogens is 3. The first-order valence-corrected chi connectivity index (χ1v) is 6.96. The second-order valence-electron chi connectivity index (χ2n) is 4.08. The largest absolute Gasteiger partial charge is 0.369 e. The molecule has 0 unspecified atom stereocenters. The molecule has 0 spiro atoms. The monoisotopic (exact) mass is 276 g/mol. The van der Waals surface area contributed by atoms with Crippen LogP contribution in [0.3, 0.4) is 0 Å². The van der Waals surface area contributed by atoms with Gasteiger partial charge >= 0.3 is 0 Å². The number of carbonyl (C=O) groups excluding carboxylic acids is 1. The average molecular weight is 276 g/mol. The number of amides is 1. The van der Waals surface area contributed by atoms with Gasteiger partial charge < -0.3 is 10.3 Å². The summed E-state index contributed by atoms with van der Waals surface area (Å²) in [6.07, 6.45) is 0. The Balaban J connectivity index is 2.33. The lowest BCUT2D eigenvalue weighted by atomic mass is 10.2. The zero-order valence-corrected chi connectivity index (χ0v) is 11.7. The van der Waals surface area contributed by atoms with Gasteiger partial charge in [0.25, 0.3) is 0 Å². The van der Waals surface area contributed by atoms with Crippen molar-refractivity contribution in [3.8, 4) is 11.4 Å². The lowest BCUT2D eigenvalue weighted by Gasteiger charge is -2.09. The molecule has 2 N–H and O–H groups in total. The summed E-state index contributed by atoms with van der Waals surface area (Å²) < 4.78 is 1.99. The second kappa shape index (κ2) is 5.88. The van der Waals surface area contributed by atoms with Crippen molar-refractivity contribution < 1.29 is 4.79 Å². The summed E-state index contributed by atoms with van der Waals surface area (Å²) in [6.45, 7) is 4.53. The molecule has 0 bridgehead atoms. The van der Waals surface area contributed by atoms with E-state index in [9.17, 15) is 4.79 Å². The maximum absolute atomic E-state index is 11.1. The standard InChI is InChI=1S/C13H16N4OS/c1-3-17-12(10-7-5-4-6-8-10)15-16-13(17)19-9(2)11(14)18/h4-9H,3H2,1-2H3,(H2,14,18)/t9-/m0/s1. The number of hydrogen-bond donors (Lipinski definition) is 1. The number of rotatable bonds is 5. The van der Waals surface area contributed by atoms with Crippen molar-refractivity contribution in [3.05, 3.63) is 30.3 Å². The van der Waals surface area contributed by atoms with Crippen molar-refractivity contribution in [1.29, 1.82) is 0 Å². The molecule has 1 atom stereocenters. The first-order chi connectivity index (χ1) is 9.13. The predicted octanol–water partition coefficient (Wildman–Crippen LogP) is 1.93. The summed E-state index contributed by atoms with van der Waals surface area (Å²) in [5.74, 6) is 0.458. The first kappa shape index (κ1) is 13.6. The summed E-state index contributed by atoms with van der Waals surface area (Å²) in [6, 6.07) is 9.86. The van der Waals surface area contributed by atoms with Gasteiger partial charge in [0.2, 0.25) is 5.91 Å². The van der Waals surface area contributed by atoms with Crippen molar-refractivity contribution in [2.75, 3.05) is 0 Å². The summed E-state index contributed by atoms with van der Waals surface area (Å²) in [7, 11) is 0. The Morgan fingerprint density at radius 2 is 2.05 bits per heavy atom. The van der Waals surface area contributed by atoms with E-state index >= 15 is 0 Å². The lowest BCUT2D eigenvalue weighted by molar-refractivity contribution is -0.117. The lowest BCUT2D eigenvalue weighted by Crippen LogP contribution is -2.23. The smallest absolute Gasteiger partial charge is 0.230 e. The molecule has 5 nitrogen and oxygen atoms in total. The fraction of sp³-hybridized carbons (Fsp3) is 0.308. The van der Waals surface area contributed by atoms with Crippen LogP contribution in [0.25, 0.3) is 11.4 Å². The molecule has 0 aliphatic heterocycles. The molecule has 0 saturated carbocycles. The highest BCUT2D eigenvalue weighted by atomic mass is 32.2. The molecule has 1 amide bonds. The third-order valence-corrected chi connectivity index (χ3v) is 3.85. The number of carbonyl (C=O) groups is 1. The maximum Gasteiger partial charge on any atom is 0.230 e. The van der Waals surface area contributed by atoms with E-state index in [0.29, 0.717) is 5.16 Å². The van der Waals surface area contributed by atoms with Gasteiger partial charge in [0.15, 0.2) is 11.0 Å². The fourth-order valence-corrected chi connectivity index (χ4v) is 2.54. The summed E-state index contributed by atoms with van der Waals surface area (Å²) in [5.41, 5.74) is 6.29. The van der Waals surface area contributed by atoms with Crippen LogP contribution in [-0.2, 0) is 11.3 Å². The first-order valence-electron chi connectivity index (χ1n) is 6.08. The Labute approximate surface area is 116 Å². The van der Waals surface area contributed by atoms with Crippen molar-refractivity contribution in [1.82, 2.24) is 14.8 Å². The van der Waals surface area contributed by atoms with Crippen LogP contribution in [0.4, 0.5) is 0 Å². The van der Waals surface area contributed by atoms with Crippen LogP contribution in [0.5, 0.6) is 0 Å². The van der Waals surface area contributed by atoms with E-state index < -0.39 is 0 Å². The topological polar surface area (TPSA) is 73.8 Å². The minimum absolute atomic E-state index is 0.321. The van der Waals surface area contributed by atoms with Crippen LogP contribution in [0.1, 0.15) is 13.8 Å². The summed E-state index contributed by atoms with van der Waals surface area (Å²) >= 11 is 1.33.